The lowest BCUT2D eigenvalue weighted by Gasteiger charge is -2.07. The third-order valence-electron chi connectivity index (χ3n) is 2.51. The largest absolute Gasteiger partial charge is 0.317 e. The van der Waals surface area contributed by atoms with Crippen LogP contribution in [0.25, 0.3) is 0 Å². The van der Waals surface area contributed by atoms with Crippen LogP contribution in [-0.2, 0) is 10.8 Å². The predicted octanol–water partition coefficient (Wildman–Crippen LogP) is 2.41. The van der Waals surface area contributed by atoms with Crippen LogP contribution in [0.4, 0.5) is 0 Å². The third kappa shape index (κ3) is 4.06. The lowest BCUT2D eigenvalue weighted by molar-refractivity contribution is 0.669. The van der Waals surface area contributed by atoms with Crippen molar-refractivity contribution in [2.24, 2.45) is 0 Å². The van der Waals surface area contributed by atoms with Crippen LogP contribution in [0.3, 0.4) is 0 Å². The Morgan fingerprint density at radius 2 is 2.06 bits per heavy atom. The van der Waals surface area contributed by atoms with Gasteiger partial charge in [-0.05, 0) is 45.0 Å². The summed E-state index contributed by atoms with van der Waals surface area (Å²) in [6.07, 6.45) is 0.966. The molecule has 0 radical (unpaired) electrons. The van der Waals surface area contributed by atoms with Crippen molar-refractivity contribution in [2.75, 3.05) is 18.8 Å². The first-order valence-corrected chi connectivity index (χ1v) is 7.13. The van der Waals surface area contributed by atoms with Crippen molar-refractivity contribution >= 4 is 10.8 Å². The van der Waals surface area contributed by atoms with Gasteiger partial charge >= 0.3 is 0 Å². The summed E-state index contributed by atoms with van der Waals surface area (Å²) in [5.74, 6) is 0.747. The predicted molar refractivity (Wildman–Crippen MR) is 70.4 cm³/mol. The molecule has 0 spiro atoms. The first kappa shape index (κ1) is 13.4. The van der Waals surface area contributed by atoms with E-state index in [2.05, 4.69) is 25.2 Å². The molecule has 2 nitrogen and oxygen atoms in total. The summed E-state index contributed by atoms with van der Waals surface area (Å²) in [7, 11) is -0.847. The Bertz CT molecular complexity index is 363. The van der Waals surface area contributed by atoms with E-state index >= 15 is 0 Å². The third-order valence-corrected chi connectivity index (χ3v) is 4.12. The maximum absolute atomic E-state index is 12.0. The Morgan fingerprint density at radius 1 is 1.31 bits per heavy atom. The summed E-state index contributed by atoms with van der Waals surface area (Å²) in [6, 6.07) is 6.12. The average molecular weight is 239 g/mol. The van der Waals surface area contributed by atoms with E-state index in [1.165, 1.54) is 5.56 Å². The van der Waals surface area contributed by atoms with E-state index in [-0.39, 0.29) is 0 Å². The molecular weight excluding hydrogens is 218 g/mol. The van der Waals surface area contributed by atoms with Gasteiger partial charge in [-0.15, -0.1) is 0 Å². The Balaban J connectivity index is 2.53. The molecule has 0 aliphatic carbocycles. The van der Waals surface area contributed by atoms with E-state index in [0.717, 1.165) is 35.7 Å². The zero-order chi connectivity index (χ0) is 12.0. The van der Waals surface area contributed by atoms with Gasteiger partial charge in [-0.1, -0.05) is 24.6 Å². The van der Waals surface area contributed by atoms with Crippen LogP contribution < -0.4 is 5.32 Å². The zero-order valence-corrected chi connectivity index (χ0v) is 11.2. The van der Waals surface area contributed by atoms with E-state index in [9.17, 15) is 4.21 Å². The Morgan fingerprint density at radius 3 is 2.69 bits per heavy atom. The summed E-state index contributed by atoms with van der Waals surface area (Å²) in [5, 5.41) is 3.24. The Labute approximate surface area is 101 Å². The fourth-order valence-corrected chi connectivity index (χ4v) is 2.93. The lowest BCUT2D eigenvalue weighted by Crippen LogP contribution is -2.16. The molecule has 1 atom stereocenters. The van der Waals surface area contributed by atoms with E-state index in [4.69, 9.17) is 0 Å². The fraction of sp³-hybridized carbons (Fsp3) is 0.538. The molecule has 90 valence electrons. The SMILES string of the molecule is CCNCCCS(=O)c1ccc(C)cc1C. The number of nitrogens with one attached hydrogen (secondary N) is 1. The van der Waals surface area contributed by atoms with Gasteiger partial charge in [-0.3, -0.25) is 4.21 Å². The van der Waals surface area contributed by atoms with Gasteiger partial charge in [0.05, 0.1) is 10.8 Å². The monoisotopic (exact) mass is 239 g/mol. The van der Waals surface area contributed by atoms with Crippen LogP contribution in [0.5, 0.6) is 0 Å². The second-order valence-corrected chi connectivity index (χ2v) is 5.56. The highest BCUT2D eigenvalue weighted by atomic mass is 32.2. The maximum atomic E-state index is 12.0. The van der Waals surface area contributed by atoms with Crippen LogP contribution in [0.2, 0.25) is 0 Å². The first-order chi connectivity index (χ1) is 7.65. The normalized spacial score (nSPS) is 12.7. The minimum Gasteiger partial charge on any atom is -0.317 e. The molecule has 0 fully saturated rings. The van der Waals surface area contributed by atoms with Gasteiger partial charge in [-0.2, -0.15) is 0 Å². The Kier molecular flexibility index (Phi) is 5.71. The molecule has 0 aromatic heterocycles. The van der Waals surface area contributed by atoms with Gasteiger partial charge in [0, 0.05) is 10.6 Å². The molecule has 0 aliphatic rings. The topological polar surface area (TPSA) is 29.1 Å². The number of hydrogen-bond acceptors (Lipinski definition) is 2. The summed E-state index contributed by atoms with van der Waals surface area (Å²) in [4.78, 5) is 0.988. The highest BCUT2D eigenvalue weighted by Crippen LogP contribution is 2.15. The molecule has 1 aromatic carbocycles. The molecule has 1 unspecified atom stereocenters. The van der Waals surface area contributed by atoms with E-state index in [1.54, 1.807) is 0 Å². The minimum absolute atomic E-state index is 0.747. The average Bonchev–Trinajstić information content (AvgIpc) is 2.24. The Hall–Kier alpha value is -0.670. The molecule has 0 saturated carbocycles. The smallest absolute Gasteiger partial charge is 0.0532 e. The van der Waals surface area contributed by atoms with E-state index in [1.807, 2.05) is 19.1 Å². The summed E-state index contributed by atoms with van der Waals surface area (Å²) >= 11 is 0. The van der Waals surface area contributed by atoms with Gasteiger partial charge in [-0.25, -0.2) is 0 Å². The molecule has 1 rings (SSSR count). The molecule has 0 heterocycles. The molecule has 16 heavy (non-hydrogen) atoms. The van der Waals surface area contributed by atoms with E-state index in [0.29, 0.717) is 0 Å². The molecule has 0 amide bonds. The first-order valence-electron chi connectivity index (χ1n) is 5.81. The number of aryl methyl sites for hydroxylation is 2. The van der Waals surface area contributed by atoms with Gasteiger partial charge in [0.1, 0.15) is 0 Å². The zero-order valence-electron chi connectivity index (χ0n) is 10.4. The van der Waals surface area contributed by atoms with Crippen molar-refractivity contribution in [1.82, 2.24) is 5.32 Å². The van der Waals surface area contributed by atoms with Crippen LogP contribution >= 0.6 is 0 Å². The van der Waals surface area contributed by atoms with Crippen LogP contribution in [-0.4, -0.2) is 23.1 Å². The highest BCUT2D eigenvalue weighted by Gasteiger charge is 2.06. The second-order valence-electron chi connectivity index (χ2n) is 4.03. The summed E-state index contributed by atoms with van der Waals surface area (Å²) in [6.45, 7) is 8.11. The van der Waals surface area contributed by atoms with E-state index < -0.39 is 10.8 Å². The molecule has 0 bridgehead atoms. The summed E-state index contributed by atoms with van der Waals surface area (Å²) in [5.41, 5.74) is 2.37. The minimum atomic E-state index is -0.847. The standard InChI is InChI=1S/C13H21NOS/c1-4-14-8-5-9-16(15)13-7-6-11(2)10-12(13)3/h6-7,10,14H,4-5,8-9H2,1-3H3. The fourth-order valence-electron chi connectivity index (χ4n) is 1.67. The van der Waals surface area contributed by atoms with Crippen molar-refractivity contribution < 1.29 is 4.21 Å². The quantitative estimate of drug-likeness (QED) is 0.772. The molecular formula is C13H21NOS. The number of benzene rings is 1. The van der Waals surface area contributed by atoms with Crippen molar-refractivity contribution in [3.8, 4) is 0 Å². The van der Waals surface area contributed by atoms with Gasteiger partial charge in [0.2, 0.25) is 0 Å². The molecule has 1 N–H and O–H groups in total. The lowest BCUT2D eigenvalue weighted by atomic mass is 10.2. The summed E-state index contributed by atoms with van der Waals surface area (Å²) < 4.78 is 12.0. The second kappa shape index (κ2) is 6.81. The van der Waals surface area contributed by atoms with Gasteiger partial charge < -0.3 is 5.32 Å². The molecule has 3 heteroatoms. The van der Waals surface area contributed by atoms with Crippen LogP contribution in [0, 0.1) is 13.8 Å². The van der Waals surface area contributed by atoms with Crippen molar-refractivity contribution in [2.45, 2.75) is 32.1 Å². The van der Waals surface area contributed by atoms with Crippen LogP contribution in [0.15, 0.2) is 23.1 Å². The number of hydrogen-bond donors (Lipinski definition) is 1. The highest BCUT2D eigenvalue weighted by molar-refractivity contribution is 7.85. The van der Waals surface area contributed by atoms with Gasteiger partial charge in [0.25, 0.3) is 0 Å². The number of rotatable bonds is 6. The van der Waals surface area contributed by atoms with Crippen LogP contribution in [0.1, 0.15) is 24.5 Å². The maximum Gasteiger partial charge on any atom is 0.0532 e. The van der Waals surface area contributed by atoms with Crippen molar-refractivity contribution in [1.29, 1.82) is 0 Å². The molecule has 0 aliphatic heterocycles. The molecule has 1 aromatic rings. The van der Waals surface area contributed by atoms with Crippen molar-refractivity contribution in [3.05, 3.63) is 29.3 Å². The molecule has 0 saturated heterocycles. The van der Waals surface area contributed by atoms with Gasteiger partial charge in [0.15, 0.2) is 0 Å². The van der Waals surface area contributed by atoms with Crippen molar-refractivity contribution in [3.63, 3.8) is 0 Å².